The molecular formula is C18H24F3NO2. The van der Waals surface area contributed by atoms with E-state index in [0.717, 1.165) is 18.9 Å². The Morgan fingerprint density at radius 1 is 1.21 bits per heavy atom. The number of alkyl halides is 3. The van der Waals surface area contributed by atoms with E-state index in [1.165, 1.54) is 12.1 Å². The van der Waals surface area contributed by atoms with Crippen LogP contribution in [0.25, 0.3) is 0 Å². The molecule has 1 fully saturated rings. The molecule has 0 saturated carbocycles. The molecule has 1 unspecified atom stereocenters. The van der Waals surface area contributed by atoms with Gasteiger partial charge in [0, 0.05) is 6.54 Å². The summed E-state index contributed by atoms with van der Waals surface area (Å²) in [5.41, 5.74) is -1.05. The maximum Gasteiger partial charge on any atom is 0.416 e. The first-order chi connectivity index (χ1) is 11.1. The van der Waals surface area contributed by atoms with Crippen molar-refractivity contribution in [1.29, 1.82) is 0 Å². The Kier molecular flexibility index (Phi) is 5.58. The summed E-state index contributed by atoms with van der Waals surface area (Å²) in [6.45, 7) is 6.06. The summed E-state index contributed by atoms with van der Waals surface area (Å²) in [5.74, 6) is -0.355. The average Bonchev–Trinajstić information content (AvgIpc) is 2.45. The smallest absolute Gasteiger partial charge is 0.416 e. The standard InChI is InChI=1S/C18H24F3NO2/c1-17(2,3)24-16(23)15-10-6-7-11-22(15)12-13-8-4-5-9-14(13)18(19,20)21/h4-5,8-9,15H,6-7,10-12H2,1-3H3. The lowest BCUT2D eigenvalue weighted by Crippen LogP contribution is -2.46. The maximum absolute atomic E-state index is 13.2. The van der Waals surface area contributed by atoms with Crippen LogP contribution in [0.4, 0.5) is 13.2 Å². The molecule has 6 heteroatoms. The summed E-state index contributed by atoms with van der Waals surface area (Å²) in [6, 6.07) is 5.05. The molecule has 0 amide bonds. The number of halogens is 3. The first-order valence-electron chi connectivity index (χ1n) is 8.20. The van der Waals surface area contributed by atoms with Gasteiger partial charge >= 0.3 is 12.1 Å². The second-order valence-corrected chi connectivity index (χ2v) is 7.17. The van der Waals surface area contributed by atoms with E-state index >= 15 is 0 Å². The molecule has 0 aromatic heterocycles. The van der Waals surface area contributed by atoms with Crippen molar-refractivity contribution in [2.45, 2.75) is 64.4 Å². The third-order valence-electron chi connectivity index (χ3n) is 3.99. The predicted octanol–water partition coefficient (Wildman–Crippen LogP) is 4.40. The van der Waals surface area contributed by atoms with Crippen LogP contribution in [0.2, 0.25) is 0 Å². The van der Waals surface area contributed by atoms with E-state index in [2.05, 4.69) is 0 Å². The molecule has 0 bridgehead atoms. The van der Waals surface area contributed by atoms with Gasteiger partial charge in [-0.25, -0.2) is 0 Å². The Morgan fingerprint density at radius 3 is 2.50 bits per heavy atom. The number of hydrogen-bond donors (Lipinski definition) is 0. The number of hydrogen-bond acceptors (Lipinski definition) is 3. The lowest BCUT2D eigenvalue weighted by Gasteiger charge is -2.36. The molecule has 0 spiro atoms. The van der Waals surface area contributed by atoms with Crippen LogP contribution < -0.4 is 0 Å². The molecule has 134 valence electrons. The minimum absolute atomic E-state index is 0.0968. The molecule has 1 aliphatic heterocycles. The molecule has 1 saturated heterocycles. The van der Waals surface area contributed by atoms with Crippen LogP contribution in [0.15, 0.2) is 24.3 Å². The summed E-state index contributed by atoms with van der Waals surface area (Å²) < 4.78 is 45.0. The van der Waals surface area contributed by atoms with Gasteiger partial charge in [-0.2, -0.15) is 13.2 Å². The molecule has 0 aliphatic carbocycles. The van der Waals surface area contributed by atoms with Crippen molar-refractivity contribution in [3.8, 4) is 0 Å². The number of carbonyl (C=O) groups is 1. The number of ether oxygens (including phenoxy) is 1. The zero-order chi connectivity index (χ0) is 18.0. The summed E-state index contributed by atoms with van der Waals surface area (Å²) >= 11 is 0. The van der Waals surface area contributed by atoms with Crippen LogP contribution in [0.1, 0.15) is 51.2 Å². The van der Waals surface area contributed by atoms with Gasteiger partial charge in [0.2, 0.25) is 0 Å². The first kappa shape index (κ1) is 18.8. The van der Waals surface area contributed by atoms with E-state index in [4.69, 9.17) is 4.74 Å². The third kappa shape index (κ3) is 4.97. The molecule has 1 aromatic rings. The van der Waals surface area contributed by atoms with E-state index in [9.17, 15) is 18.0 Å². The molecule has 1 heterocycles. The molecule has 0 radical (unpaired) electrons. The van der Waals surface area contributed by atoms with Gasteiger partial charge in [0.15, 0.2) is 0 Å². The van der Waals surface area contributed by atoms with Crippen LogP contribution in [-0.4, -0.2) is 29.1 Å². The fourth-order valence-corrected chi connectivity index (χ4v) is 2.97. The van der Waals surface area contributed by atoms with Crippen LogP contribution in [0.5, 0.6) is 0 Å². The van der Waals surface area contributed by atoms with Crippen molar-refractivity contribution in [2.75, 3.05) is 6.54 Å². The molecular weight excluding hydrogens is 319 g/mol. The second kappa shape index (κ2) is 7.13. The fourth-order valence-electron chi connectivity index (χ4n) is 2.97. The lowest BCUT2D eigenvalue weighted by atomic mass is 9.99. The van der Waals surface area contributed by atoms with Crippen molar-refractivity contribution >= 4 is 5.97 Å². The summed E-state index contributed by atoms with van der Waals surface area (Å²) in [7, 11) is 0. The van der Waals surface area contributed by atoms with Gasteiger partial charge < -0.3 is 4.74 Å². The van der Waals surface area contributed by atoms with Gasteiger partial charge in [0.05, 0.1) is 5.56 Å². The number of piperidine rings is 1. The molecule has 1 aromatic carbocycles. The molecule has 3 nitrogen and oxygen atoms in total. The summed E-state index contributed by atoms with van der Waals surface area (Å²) in [5, 5.41) is 0. The normalized spacial score (nSPS) is 20.0. The zero-order valence-electron chi connectivity index (χ0n) is 14.3. The number of nitrogens with zero attached hydrogens (tertiary/aromatic N) is 1. The maximum atomic E-state index is 13.2. The van der Waals surface area contributed by atoms with E-state index < -0.39 is 23.4 Å². The van der Waals surface area contributed by atoms with Gasteiger partial charge in [0.1, 0.15) is 11.6 Å². The first-order valence-corrected chi connectivity index (χ1v) is 8.20. The number of carbonyl (C=O) groups excluding carboxylic acids is 1. The largest absolute Gasteiger partial charge is 0.459 e. The van der Waals surface area contributed by atoms with Crippen molar-refractivity contribution in [3.05, 3.63) is 35.4 Å². The number of benzene rings is 1. The van der Waals surface area contributed by atoms with E-state index in [1.807, 2.05) is 4.90 Å². The van der Waals surface area contributed by atoms with Crippen LogP contribution >= 0.6 is 0 Å². The SMILES string of the molecule is CC(C)(C)OC(=O)C1CCCCN1Cc1ccccc1C(F)(F)F. The van der Waals surface area contributed by atoms with E-state index in [1.54, 1.807) is 26.8 Å². The minimum Gasteiger partial charge on any atom is -0.459 e. The highest BCUT2D eigenvalue weighted by atomic mass is 19.4. The highest BCUT2D eigenvalue weighted by molar-refractivity contribution is 5.76. The van der Waals surface area contributed by atoms with Crippen LogP contribution in [-0.2, 0) is 22.3 Å². The van der Waals surface area contributed by atoms with Gasteiger partial charge in [-0.3, -0.25) is 9.69 Å². The Balaban J connectivity index is 2.19. The van der Waals surface area contributed by atoms with Crippen molar-refractivity contribution in [1.82, 2.24) is 4.90 Å². The highest BCUT2D eigenvalue weighted by Crippen LogP contribution is 2.33. The Bertz CT molecular complexity index is 578. The molecule has 1 atom stereocenters. The van der Waals surface area contributed by atoms with Crippen LogP contribution in [0, 0.1) is 0 Å². The summed E-state index contributed by atoms with van der Waals surface area (Å²) in [6.07, 6.45) is -2.04. The topological polar surface area (TPSA) is 29.5 Å². The predicted molar refractivity (Wildman–Crippen MR) is 85.3 cm³/mol. The fraction of sp³-hybridized carbons (Fsp3) is 0.611. The molecule has 1 aliphatic rings. The van der Waals surface area contributed by atoms with Crippen molar-refractivity contribution in [3.63, 3.8) is 0 Å². The summed E-state index contributed by atoms with van der Waals surface area (Å²) in [4.78, 5) is 14.2. The van der Waals surface area contributed by atoms with E-state index in [0.29, 0.717) is 13.0 Å². The highest BCUT2D eigenvalue weighted by Gasteiger charge is 2.36. The van der Waals surface area contributed by atoms with Gasteiger partial charge in [-0.1, -0.05) is 24.6 Å². The third-order valence-corrected chi connectivity index (χ3v) is 3.99. The Hall–Kier alpha value is -1.56. The monoisotopic (exact) mass is 343 g/mol. The van der Waals surface area contributed by atoms with Gasteiger partial charge in [0.25, 0.3) is 0 Å². The molecule has 0 N–H and O–H groups in total. The Labute approximate surface area is 140 Å². The van der Waals surface area contributed by atoms with Gasteiger partial charge in [-0.15, -0.1) is 0 Å². The minimum atomic E-state index is -4.40. The van der Waals surface area contributed by atoms with Crippen molar-refractivity contribution < 1.29 is 22.7 Å². The van der Waals surface area contributed by atoms with Gasteiger partial charge in [-0.05, 0) is 51.8 Å². The zero-order valence-corrected chi connectivity index (χ0v) is 14.3. The van der Waals surface area contributed by atoms with Crippen LogP contribution in [0.3, 0.4) is 0 Å². The average molecular weight is 343 g/mol. The Morgan fingerprint density at radius 2 is 1.88 bits per heavy atom. The quantitative estimate of drug-likeness (QED) is 0.762. The van der Waals surface area contributed by atoms with E-state index in [-0.39, 0.29) is 18.1 Å². The molecule has 24 heavy (non-hydrogen) atoms. The lowest BCUT2D eigenvalue weighted by molar-refractivity contribution is -0.163. The number of likely N-dealkylation sites (tertiary alicyclic amines) is 1. The second-order valence-electron chi connectivity index (χ2n) is 7.17. The number of rotatable bonds is 3. The number of esters is 1. The van der Waals surface area contributed by atoms with Crippen molar-refractivity contribution in [2.24, 2.45) is 0 Å². The molecule has 2 rings (SSSR count).